The van der Waals surface area contributed by atoms with E-state index < -0.39 is 17.9 Å². The Kier molecular flexibility index (Phi) is 20.2. The monoisotopic (exact) mass is 925 g/mol. The molecule has 7 rings (SSSR count). The number of aliphatic hydroxyl groups excluding tert-OH is 1. The predicted octanol–water partition coefficient (Wildman–Crippen LogP) is 12.7. The van der Waals surface area contributed by atoms with Crippen LogP contribution in [0.1, 0.15) is 148 Å². The summed E-state index contributed by atoms with van der Waals surface area (Å²) in [7, 11) is 1.00. The van der Waals surface area contributed by atoms with Gasteiger partial charge >= 0.3 is 18.3 Å². The number of allylic oxidation sites excluding steroid dienone is 7. The first-order valence-electron chi connectivity index (χ1n) is 24.6. The third kappa shape index (κ3) is 14.4. The summed E-state index contributed by atoms with van der Waals surface area (Å²) >= 11 is 0. The Bertz CT molecular complexity index is 1890. The van der Waals surface area contributed by atoms with Crippen molar-refractivity contribution in [3.8, 4) is 5.75 Å². The van der Waals surface area contributed by atoms with E-state index in [0.717, 1.165) is 103 Å². The SMILES string of the molecule is C/C=C\CCCC(=O)OCC1CCC(COC(=O)OCC(=O)C2CCC3C4CCC5=CC(=O)CCC5(C)C4=CCC23C)CC1.CO.FC(F)(F)c1cccc(OCC/C=C/C2CCCC2)c1. The quantitative estimate of drug-likeness (QED) is 0.0980. The number of fused-ring (bicyclic) bond motifs is 5. The van der Waals surface area contributed by atoms with Crippen LogP contribution >= 0.6 is 0 Å². The zero-order valence-corrected chi connectivity index (χ0v) is 39.8. The van der Waals surface area contributed by atoms with E-state index in [1.54, 1.807) is 6.07 Å². The van der Waals surface area contributed by atoms with E-state index in [2.05, 4.69) is 38.2 Å². The fourth-order valence-corrected chi connectivity index (χ4v) is 11.7. The predicted molar refractivity (Wildman–Crippen MR) is 248 cm³/mol. The maximum absolute atomic E-state index is 13.4. The van der Waals surface area contributed by atoms with E-state index in [-0.39, 0.29) is 52.6 Å². The number of esters is 1. The average Bonchev–Trinajstić information content (AvgIpc) is 3.97. The maximum atomic E-state index is 13.4. The highest BCUT2D eigenvalue weighted by atomic mass is 19.4. The minimum absolute atomic E-state index is 0.00607. The van der Waals surface area contributed by atoms with E-state index >= 15 is 0 Å². The van der Waals surface area contributed by atoms with Crippen LogP contribution in [-0.4, -0.2) is 62.3 Å². The number of ketones is 2. The van der Waals surface area contributed by atoms with Crippen molar-refractivity contribution < 1.29 is 56.4 Å². The first-order chi connectivity index (χ1) is 31.7. The summed E-state index contributed by atoms with van der Waals surface area (Å²) < 4.78 is 59.1. The van der Waals surface area contributed by atoms with Crippen molar-refractivity contribution in [3.05, 3.63) is 77.4 Å². The summed E-state index contributed by atoms with van der Waals surface area (Å²) in [4.78, 5) is 49.9. The molecule has 4 fully saturated rings. The molecule has 0 bridgehead atoms. The van der Waals surface area contributed by atoms with Crippen molar-refractivity contribution in [1.29, 1.82) is 0 Å². The van der Waals surface area contributed by atoms with Crippen LogP contribution in [0.3, 0.4) is 0 Å². The fraction of sp³-hybridized carbons (Fsp3) is 0.667. The summed E-state index contributed by atoms with van der Waals surface area (Å²) in [6.45, 7) is 7.50. The van der Waals surface area contributed by atoms with Crippen LogP contribution in [-0.2, 0) is 34.8 Å². The largest absolute Gasteiger partial charge is 0.508 e. The molecular weight excluding hydrogens is 850 g/mol. The van der Waals surface area contributed by atoms with E-state index in [1.165, 1.54) is 42.9 Å². The standard InChI is InChI=1S/C37H52O7.C16H19F3O.CH4O/c1-4-5-6-7-8-34(40)42-22-25-9-11-26(12-10-25)23-43-35(41)44-24-33(39)32-16-15-30-29-14-13-27-21-28(38)17-19-36(27,2)31(29)18-20-37(30,32)3;17-16(18,19)14-9-5-10-15(12-14)20-11-4-3-8-13-6-1-2-7-13;1-2/h4-5,18,21,25-26,29-30,32H,6-17,19-20,22-24H2,1-3H3;3,5,8-10,12-13H,1-2,4,6-7,11H2;2H,1H3/b5-4-;8-3+;. The molecule has 5 atom stereocenters. The Morgan fingerprint density at radius 2 is 1.58 bits per heavy atom. The average molecular weight is 925 g/mol. The molecule has 1 aromatic carbocycles. The van der Waals surface area contributed by atoms with Gasteiger partial charge in [-0.15, -0.1) is 0 Å². The molecule has 0 radical (unpaired) electrons. The smallest absolute Gasteiger partial charge is 0.493 e. The van der Waals surface area contributed by atoms with Crippen molar-refractivity contribution in [2.24, 2.45) is 46.3 Å². The topological polar surface area (TPSA) is 125 Å². The number of aliphatic hydroxyl groups is 1. The summed E-state index contributed by atoms with van der Waals surface area (Å²) in [5.74, 6) is 2.51. The van der Waals surface area contributed by atoms with Gasteiger partial charge in [0, 0.05) is 31.3 Å². The molecule has 12 heteroatoms. The number of carbonyl (C=O) groups is 4. The van der Waals surface area contributed by atoms with Crippen molar-refractivity contribution in [2.45, 2.75) is 149 Å². The maximum Gasteiger partial charge on any atom is 0.508 e. The molecule has 0 heterocycles. The number of carbonyl (C=O) groups excluding carboxylic acids is 4. The third-order valence-electron chi connectivity index (χ3n) is 15.4. The van der Waals surface area contributed by atoms with Gasteiger partial charge in [-0.2, -0.15) is 13.2 Å². The van der Waals surface area contributed by atoms with Crippen molar-refractivity contribution in [2.75, 3.05) is 33.5 Å². The van der Waals surface area contributed by atoms with E-state index in [9.17, 15) is 32.3 Å². The van der Waals surface area contributed by atoms with Gasteiger partial charge in [-0.25, -0.2) is 4.79 Å². The summed E-state index contributed by atoms with van der Waals surface area (Å²) in [5, 5.41) is 7.00. The number of unbranched alkanes of at least 4 members (excludes halogenated alkanes) is 1. The van der Waals surface area contributed by atoms with Crippen molar-refractivity contribution in [1.82, 2.24) is 0 Å². The second kappa shape index (κ2) is 25.3. The van der Waals surface area contributed by atoms with Crippen LogP contribution in [0.5, 0.6) is 5.75 Å². The minimum Gasteiger partial charge on any atom is -0.493 e. The Labute approximate surface area is 391 Å². The van der Waals surface area contributed by atoms with Gasteiger partial charge in [0.15, 0.2) is 18.2 Å². The molecular formula is C54H75F3O9. The van der Waals surface area contributed by atoms with Gasteiger partial charge in [-0.1, -0.05) is 74.3 Å². The second-order valence-corrected chi connectivity index (χ2v) is 19.7. The molecule has 0 spiro atoms. The molecule has 1 aromatic rings. The number of Topliss-reactive ketones (excluding diaryl/α,β-unsaturated/α-hetero) is 1. The first-order valence-corrected chi connectivity index (χ1v) is 24.6. The zero-order valence-electron chi connectivity index (χ0n) is 39.8. The van der Waals surface area contributed by atoms with Crippen LogP contribution in [0, 0.1) is 46.3 Å². The lowest BCUT2D eigenvalue weighted by Gasteiger charge is -2.53. The summed E-state index contributed by atoms with van der Waals surface area (Å²) in [5.41, 5.74) is 2.00. The Balaban J connectivity index is 0.000000310. The number of hydrogen-bond donors (Lipinski definition) is 1. The molecule has 366 valence electrons. The molecule has 0 amide bonds. The lowest BCUT2D eigenvalue weighted by molar-refractivity contribution is -0.145. The number of halogens is 3. The second-order valence-electron chi connectivity index (χ2n) is 19.7. The molecule has 5 unspecified atom stereocenters. The molecule has 0 aromatic heterocycles. The molecule has 6 aliphatic rings. The highest BCUT2D eigenvalue weighted by Crippen LogP contribution is 2.64. The number of hydrogen-bond acceptors (Lipinski definition) is 9. The summed E-state index contributed by atoms with van der Waals surface area (Å²) in [6, 6.07) is 5.01. The van der Waals surface area contributed by atoms with E-state index in [1.807, 2.05) is 19.1 Å². The number of benzene rings is 1. The van der Waals surface area contributed by atoms with E-state index in [4.69, 9.17) is 24.1 Å². The molecule has 0 aliphatic heterocycles. The first kappa shape index (κ1) is 52.8. The van der Waals surface area contributed by atoms with Crippen LogP contribution in [0.25, 0.3) is 0 Å². The molecule has 0 saturated heterocycles. The van der Waals surface area contributed by atoms with Crippen molar-refractivity contribution in [3.63, 3.8) is 0 Å². The summed E-state index contributed by atoms with van der Waals surface area (Å²) in [6.07, 6.45) is 25.6. The van der Waals surface area contributed by atoms with Crippen LogP contribution < -0.4 is 4.74 Å². The van der Waals surface area contributed by atoms with Crippen LogP contribution in [0.4, 0.5) is 18.0 Å². The highest BCUT2D eigenvalue weighted by Gasteiger charge is 2.57. The van der Waals surface area contributed by atoms with Crippen LogP contribution in [0.2, 0.25) is 0 Å². The number of alkyl halides is 3. The van der Waals surface area contributed by atoms with Gasteiger partial charge in [0.05, 0.1) is 25.4 Å². The number of rotatable bonds is 16. The molecule has 1 N–H and O–H groups in total. The Morgan fingerprint density at radius 1 is 0.864 bits per heavy atom. The van der Waals surface area contributed by atoms with Gasteiger partial charge in [0.2, 0.25) is 0 Å². The molecule has 9 nitrogen and oxygen atoms in total. The molecule has 4 saturated carbocycles. The van der Waals surface area contributed by atoms with Crippen LogP contribution in [0.15, 0.2) is 71.9 Å². The Morgan fingerprint density at radius 3 is 2.27 bits per heavy atom. The number of ether oxygens (including phenoxy) is 4. The lowest BCUT2D eigenvalue weighted by atomic mass is 9.51. The third-order valence-corrected chi connectivity index (χ3v) is 15.4. The van der Waals surface area contributed by atoms with Gasteiger partial charge in [0.25, 0.3) is 0 Å². The lowest BCUT2D eigenvalue weighted by Crippen LogP contribution is -2.45. The van der Waals surface area contributed by atoms with Gasteiger partial charge < -0.3 is 24.1 Å². The fourth-order valence-electron chi connectivity index (χ4n) is 11.7. The van der Waals surface area contributed by atoms with Crippen molar-refractivity contribution >= 4 is 23.7 Å². The molecule has 66 heavy (non-hydrogen) atoms. The normalized spacial score (nSPS) is 28.4. The Hall–Kier alpha value is -4.19. The van der Waals surface area contributed by atoms with Gasteiger partial charge in [0.1, 0.15) is 5.75 Å². The minimum atomic E-state index is -4.32. The molecule has 6 aliphatic carbocycles. The van der Waals surface area contributed by atoms with Gasteiger partial charge in [-0.05, 0) is 163 Å². The highest BCUT2D eigenvalue weighted by molar-refractivity contribution is 5.92. The zero-order chi connectivity index (χ0) is 47.7. The van der Waals surface area contributed by atoms with E-state index in [0.29, 0.717) is 56.3 Å². The van der Waals surface area contributed by atoms with Gasteiger partial charge in [-0.3, -0.25) is 14.4 Å².